The first-order chi connectivity index (χ1) is 11.9. The van der Waals surface area contributed by atoms with Crippen molar-refractivity contribution in [3.8, 4) is 0 Å². The summed E-state index contributed by atoms with van der Waals surface area (Å²) in [5, 5.41) is 14.2. The summed E-state index contributed by atoms with van der Waals surface area (Å²) in [6, 6.07) is 15.0. The fourth-order valence-corrected chi connectivity index (χ4v) is 2.79. The Balaban J connectivity index is 2.34. The highest BCUT2D eigenvalue weighted by molar-refractivity contribution is 6.30. The van der Waals surface area contributed by atoms with E-state index in [1.165, 1.54) is 6.92 Å². The first-order valence-corrected chi connectivity index (χ1v) is 8.00. The van der Waals surface area contributed by atoms with E-state index in [-0.39, 0.29) is 0 Å². The lowest BCUT2D eigenvalue weighted by atomic mass is 9.83. The van der Waals surface area contributed by atoms with Crippen LogP contribution >= 0.6 is 11.6 Å². The summed E-state index contributed by atoms with van der Waals surface area (Å²) in [5.41, 5.74) is 1.04. The number of hydrogen-bond acceptors (Lipinski definition) is 4. The van der Waals surface area contributed by atoms with Crippen LogP contribution in [0, 0.1) is 16.0 Å². The first kappa shape index (κ1) is 18.6. The van der Waals surface area contributed by atoms with E-state index in [4.69, 9.17) is 11.6 Å². The van der Waals surface area contributed by atoms with Gasteiger partial charge in [-0.05, 0) is 36.8 Å². The van der Waals surface area contributed by atoms with Crippen molar-refractivity contribution in [3.63, 3.8) is 0 Å². The zero-order valence-electron chi connectivity index (χ0n) is 13.5. The molecule has 2 unspecified atom stereocenters. The van der Waals surface area contributed by atoms with Crippen LogP contribution in [0.5, 0.6) is 0 Å². The van der Waals surface area contributed by atoms with Crippen molar-refractivity contribution in [2.45, 2.75) is 12.8 Å². The normalized spacial score (nSPS) is 12.9. The van der Waals surface area contributed by atoms with E-state index in [1.807, 2.05) is 0 Å². The van der Waals surface area contributed by atoms with Crippen molar-refractivity contribution in [2.75, 3.05) is 11.9 Å². The minimum Gasteiger partial charge on any atom is -0.325 e. The van der Waals surface area contributed by atoms with Gasteiger partial charge in [0, 0.05) is 15.6 Å². The van der Waals surface area contributed by atoms with Gasteiger partial charge in [0.15, 0.2) is 0 Å². The molecule has 0 aromatic heterocycles. The molecule has 0 bridgehead atoms. The molecule has 130 valence electrons. The molecule has 2 rings (SSSR count). The second-order valence-electron chi connectivity index (χ2n) is 5.62. The topological polar surface area (TPSA) is 89.3 Å². The highest BCUT2D eigenvalue weighted by Gasteiger charge is 2.36. The monoisotopic (exact) mass is 360 g/mol. The molecule has 1 amide bonds. The zero-order valence-corrected chi connectivity index (χ0v) is 14.3. The van der Waals surface area contributed by atoms with Crippen molar-refractivity contribution in [1.29, 1.82) is 0 Å². The summed E-state index contributed by atoms with van der Waals surface area (Å²) in [6.45, 7) is 0.728. The number of carbonyl (C=O) groups is 2. The molecule has 0 aliphatic carbocycles. The number of carbonyl (C=O) groups excluding carboxylic acids is 2. The molecule has 0 saturated carbocycles. The van der Waals surface area contributed by atoms with Crippen LogP contribution in [0.2, 0.25) is 5.02 Å². The number of ketones is 1. The number of Topliss-reactive ketones (excluding diaryl/α,β-unsaturated/α-hetero) is 1. The molecule has 0 aliphatic rings. The van der Waals surface area contributed by atoms with Gasteiger partial charge < -0.3 is 5.32 Å². The van der Waals surface area contributed by atoms with Gasteiger partial charge in [0.2, 0.25) is 12.5 Å². The third-order valence-electron chi connectivity index (χ3n) is 3.81. The molecular weight excluding hydrogens is 344 g/mol. The Kier molecular flexibility index (Phi) is 6.25. The maximum atomic E-state index is 12.6. The van der Waals surface area contributed by atoms with Crippen LogP contribution in [0.1, 0.15) is 18.4 Å². The Morgan fingerprint density at radius 3 is 2.24 bits per heavy atom. The number of halogens is 1. The average molecular weight is 361 g/mol. The summed E-state index contributed by atoms with van der Waals surface area (Å²) in [6.07, 6.45) is 0. The lowest BCUT2D eigenvalue weighted by Crippen LogP contribution is -2.36. The molecule has 0 spiro atoms. The van der Waals surface area contributed by atoms with E-state index >= 15 is 0 Å². The fourth-order valence-electron chi connectivity index (χ4n) is 2.67. The van der Waals surface area contributed by atoms with Crippen LogP contribution in [0.25, 0.3) is 0 Å². The lowest BCUT2D eigenvalue weighted by Gasteiger charge is -2.22. The molecule has 2 atom stereocenters. The molecular formula is C18H17ClN2O4. The van der Waals surface area contributed by atoms with E-state index in [9.17, 15) is 19.7 Å². The fraction of sp³-hybridized carbons (Fsp3) is 0.222. The van der Waals surface area contributed by atoms with Crippen LogP contribution < -0.4 is 5.32 Å². The van der Waals surface area contributed by atoms with E-state index in [1.54, 1.807) is 54.6 Å². The molecule has 0 fully saturated rings. The number of nitro groups is 1. The minimum absolute atomic E-state index is 0.435. The van der Waals surface area contributed by atoms with Crippen LogP contribution in [0.4, 0.5) is 5.69 Å². The summed E-state index contributed by atoms with van der Waals surface area (Å²) in [5.74, 6) is -3.06. The van der Waals surface area contributed by atoms with Crippen molar-refractivity contribution in [3.05, 3.63) is 75.3 Å². The molecule has 0 saturated heterocycles. The molecule has 7 heteroatoms. The van der Waals surface area contributed by atoms with E-state index in [0.29, 0.717) is 16.3 Å². The van der Waals surface area contributed by atoms with Gasteiger partial charge in [-0.2, -0.15) is 0 Å². The maximum absolute atomic E-state index is 12.6. The van der Waals surface area contributed by atoms with Crippen LogP contribution in [-0.2, 0) is 9.59 Å². The molecule has 6 nitrogen and oxygen atoms in total. The molecule has 1 N–H and O–H groups in total. The van der Waals surface area contributed by atoms with Crippen molar-refractivity contribution >= 4 is 29.0 Å². The molecule has 0 heterocycles. The summed E-state index contributed by atoms with van der Waals surface area (Å²) >= 11 is 5.85. The third kappa shape index (κ3) is 5.12. The van der Waals surface area contributed by atoms with Gasteiger partial charge in [-0.15, -0.1) is 0 Å². The Bertz CT molecular complexity index is 762. The van der Waals surface area contributed by atoms with Gasteiger partial charge in [0.1, 0.15) is 11.7 Å². The number of anilines is 1. The molecule has 2 aromatic carbocycles. The minimum atomic E-state index is -1.17. The van der Waals surface area contributed by atoms with E-state index < -0.39 is 35.0 Å². The molecule has 2 aromatic rings. The molecule has 0 aliphatic heterocycles. The van der Waals surface area contributed by atoms with E-state index in [2.05, 4.69) is 5.32 Å². The van der Waals surface area contributed by atoms with Crippen LogP contribution in [0.3, 0.4) is 0 Å². The van der Waals surface area contributed by atoms with Gasteiger partial charge in [0.25, 0.3) is 0 Å². The quantitative estimate of drug-likeness (QED) is 0.464. The number of benzene rings is 2. The van der Waals surface area contributed by atoms with Gasteiger partial charge in [-0.25, -0.2) is 0 Å². The summed E-state index contributed by atoms with van der Waals surface area (Å²) in [7, 11) is 0. The lowest BCUT2D eigenvalue weighted by molar-refractivity contribution is -0.484. The standard InChI is InChI=1S/C18H17ClN2O4/c1-12(22)17(18(23)20-15-5-3-2-4-6-15)16(11-21(24)25)13-7-9-14(19)10-8-13/h2-10,16-17H,11H2,1H3,(H,20,23). The van der Waals surface area contributed by atoms with Gasteiger partial charge in [0.05, 0.1) is 5.92 Å². The number of hydrogen-bond donors (Lipinski definition) is 1. The van der Waals surface area contributed by atoms with Crippen LogP contribution in [-0.4, -0.2) is 23.2 Å². The smallest absolute Gasteiger partial charge is 0.235 e. The van der Waals surface area contributed by atoms with Crippen molar-refractivity contribution < 1.29 is 14.5 Å². The Hall–Kier alpha value is -2.73. The summed E-state index contributed by atoms with van der Waals surface area (Å²) < 4.78 is 0. The second kappa shape index (κ2) is 8.39. The van der Waals surface area contributed by atoms with Crippen molar-refractivity contribution in [2.24, 2.45) is 5.92 Å². The Morgan fingerprint density at radius 2 is 1.72 bits per heavy atom. The summed E-state index contributed by atoms with van der Waals surface area (Å²) in [4.78, 5) is 35.3. The maximum Gasteiger partial charge on any atom is 0.235 e. The van der Waals surface area contributed by atoms with Gasteiger partial charge >= 0.3 is 0 Å². The highest BCUT2D eigenvalue weighted by atomic mass is 35.5. The first-order valence-electron chi connectivity index (χ1n) is 7.62. The number of nitrogens with zero attached hydrogens (tertiary/aromatic N) is 1. The SMILES string of the molecule is CC(=O)C(C(=O)Nc1ccccc1)C(C[N+](=O)[O-])c1ccc(Cl)cc1. The third-order valence-corrected chi connectivity index (χ3v) is 4.06. The van der Waals surface area contributed by atoms with Gasteiger partial charge in [-0.3, -0.25) is 19.7 Å². The number of rotatable bonds is 7. The number of nitrogens with one attached hydrogen (secondary N) is 1. The second-order valence-corrected chi connectivity index (χ2v) is 6.05. The zero-order chi connectivity index (χ0) is 18.4. The highest BCUT2D eigenvalue weighted by Crippen LogP contribution is 2.28. The molecule has 25 heavy (non-hydrogen) atoms. The predicted molar refractivity (Wildman–Crippen MR) is 95.3 cm³/mol. The van der Waals surface area contributed by atoms with Crippen molar-refractivity contribution in [1.82, 2.24) is 0 Å². The average Bonchev–Trinajstić information content (AvgIpc) is 2.55. The van der Waals surface area contributed by atoms with E-state index in [0.717, 1.165) is 0 Å². The largest absolute Gasteiger partial charge is 0.325 e. The Morgan fingerprint density at radius 1 is 1.12 bits per heavy atom. The Labute approximate surface area is 150 Å². The number of para-hydroxylation sites is 1. The van der Waals surface area contributed by atoms with Crippen LogP contribution in [0.15, 0.2) is 54.6 Å². The predicted octanol–water partition coefficient (Wildman–Crippen LogP) is 3.54. The molecule has 0 radical (unpaired) electrons. The van der Waals surface area contributed by atoms with Gasteiger partial charge in [-0.1, -0.05) is 41.9 Å². The number of amides is 1.